The number of amides is 2. The van der Waals surface area contributed by atoms with Gasteiger partial charge in [0.25, 0.3) is 5.91 Å². The third-order valence-corrected chi connectivity index (χ3v) is 8.86. The Kier molecular flexibility index (Phi) is 10.4. The van der Waals surface area contributed by atoms with Crippen LogP contribution in [0.25, 0.3) is 6.08 Å². The van der Waals surface area contributed by atoms with E-state index in [0.717, 1.165) is 19.6 Å². The van der Waals surface area contributed by atoms with Gasteiger partial charge in [0, 0.05) is 64.5 Å². The molecular formula is C31H34Cl2N6O2S. The van der Waals surface area contributed by atoms with E-state index in [1.54, 1.807) is 18.2 Å². The molecule has 1 aromatic heterocycles. The van der Waals surface area contributed by atoms with Gasteiger partial charge in [0.1, 0.15) is 11.0 Å². The van der Waals surface area contributed by atoms with Crippen LogP contribution in [0.2, 0.25) is 10.2 Å². The first-order chi connectivity index (χ1) is 20.4. The quantitative estimate of drug-likeness (QED) is 0.196. The number of halogens is 2. The first-order valence-corrected chi connectivity index (χ1v) is 15.8. The zero-order valence-electron chi connectivity index (χ0n) is 23.5. The van der Waals surface area contributed by atoms with E-state index >= 15 is 0 Å². The van der Waals surface area contributed by atoms with Crippen LogP contribution in [0, 0.1) is 0 Å². The molecule has 2 amide bonds. The fourth-order valence-electron chi connectivity index (χ4n) is 5.17. The van der Waals surface area contributed by atoms with Gasteiger partial charge in [-0.25, -0.2) is 9.97 Å². The number of carbonyl (C=O) groups excluding carboxylic acids is 2. The van der Waals surface area contributed by atoms with Gasteiger partial charge in [0.05, 0.1) is 16.3 Å². The topological polar surface area (TPSA) is 72.9 Å². The number of hydrogen-bond acceptors (Lipinski definition) is 7. The minimum Gasteiger partial charge on any atom is -0.353 e. The summed E-state index contributed by atoms with van der Waals surface area (Å²) in [5.41, 5.74) is 1.70. The lowest BCUT2D eigenvalue weighted by atomic mass is 10.1. The second-order valence-electron chi connectivity index (χ2n) is 10.4. The third kappa shape index (κ3) is 7.83. The molecule has 5 rings (SSSR count). The van der Waals surface area contributed by atoms with E-state index in [1.165, 1.54) is 17.3 Å². The first kappa shape index (κ1) is 30.4. The molecule has 8 nitrogen and oxygen atoms in total. The van der Waals surface area contributed by atoms with Crippen molar-refractivity contribution in [2.75, 3.05) is 63.0 Å². The van der Waals surface area contributed by atoms with Crippen LogP contribution in [-0.4, -0.2) is 101 Å². The predicted octanol–water partition coefficient (Wildman–Crippen LogP) is 5.08. The average molecular weight is 626 g/mol. The van der Waals surface area contributed by atoms with E-state index in [2.05, 4.69) is 39.1 Å². The molecule has 1 atom stereocenters. The van der Waals surface area contributed by atoms with Crippen LogP contribution >= 0.6 is 35.0 Å². The summed E-state index contributed by atoms with van der Waals surface area (Å²) in [5, 5.41) is 1.25. The first-order valence-electron chi connectivity index (χ1n) is 14.1. The Balaban J connectivity index is 1.10. The van der Waals surface area contributed by atoms with Gasteiger partial charge in [-0.2, -0.15) is 0 Å². The number of nitrogens with zero attached hydrogens (tertiary/aromatic N) is 6. The van der Waals surface area contributed by atoms with Gasteiger partial charge in [-0.3, -0.25) is 14.5 Å². The van der Waals surface area contributed by atoms with Crippen molar-refractivity contribution >= 4 is 58.7 Å². The fourth-order valence-corrected chi connectivity index (χ4v) is 6.37. The Morgan fingerprint density at radius 1 is 0.952 bits per heavy atom. The maximum atomic E-state index is 13.1. The van der Waals surface area contributed by atoms with E-state index in [4.69, 9.17) is 28.2 Å². The van der Waals surface area contributed by atoms with E-state index in [0.29, 0.717) is 59.4 Å². The molecule has 0 spiro atoms. The molecule has 220 valence electrons. The normalized spacial score (nSPS) is 18.1. The maximum absolute atomic E-state index is 13.1. The smallest absolute Gasteiger partial charge is 0.255 e. The summed E-state index contributed by atoms with van der Waals surface area (Å²) in [5.74, 6) is 0.945. The van der Waals surface area contributed by atoms with E-state index in [-0.39, 0.29) is 23.6 Å². The summed E-state index contributed by atoms with van der Waals surface area (Å²) in [7, 11) is 0. The van der Waals surface area contributed by atoms with Gasteiger partial charge < -0.3 is 14.7 Å². The molecule has 3 aromatic rings. The molecule has 2 aliphatic heterocycles. The molecule has 1 unspecified atom stereocenters. The zero-order valence-corrected chi connectivity index (χ0v) is 25.9. The van der Waals surface area contributed by atoms with Gasteiger partial charge in [-0.15, -0.1) is 0 Å². The van der Waals surface area contributed by atoms with Crippen molar-refractivity contribution in [2.24, 2.45) is 0 Å². The molecule has 0 saturated carbocycles. The fraction of sp³-hybridized carbons (Fsp3) is 0.355. The van der Waals surface area contributed by atoms with Crippen molar-refractivity contribution < 1.29 is 9.59 Å². The van der Waals surface area contributed by atoms with Crippen molar-refractivity contribution in [3.05, 3.63) is 88.0 Å². The van der Waals surface area contributed by atoms with Crippen LogP contribution in [0.1, 0.15) is 22.8 Å². The van der Waals surface area contributed by atoms with Crippen LogP contribution in [-0.2, 0) is 4.79 Å². The number of rotatable bonds is 8. The molecule has 0 N–H and O–H groups in total. The molecule has 0 aliphatic carbocycles. The SMILES string of the molecule is CC1CN(c2cc(Cl)nc(SCC(=O)N3CCN(CC=Cc4ccccc4)CC3)n2)CCN1C(=O)c1ccccc1Cl. The Labute approximate surface area is 261 Å². The molecular weight excluding hydrogens is 591 g/mol. The standard InChI is InChI=1S/C31H34Cl2N6O2S/c1-23-21-38(18-19-39(23)30(41)25-11-5-6-12-26(25)32)28-20-27(33)34-31(35-28)42-22-29(40)37-16-14-36(15-17-37)13-7-10-24-8-3-2-4-9-24/h2-12,20,23H,13-19,21-22H2,1H3. The van der Waals surface area contributed by atoms with Gasteiger partial charge in [0.15, 0.2) is 5.16 Å². The Bertz CT molecular complexity index is 1420. The molecule has 2 aliphatic rings. The Hall–Kier alpha value is -3.11. The lowest BCUT2D eigenvalue weighted by Gasteiger charge is -2.40. The largest absolute Gasteiger partial charge is 0.353 e. The Morgan fingerprint density at radius 2 is 1.69 bits per heavy atom. The van der Waals surface area contributed by atoms with Gasteiger partial charge >= 0.3 is 0 Å². The summed E-state index contributed by atoms with van der Waals surface area (Å²) in [6.45, 7) is 7.70. The summed E-state index contributed by atoms with van der Waals surface area (Å²) >= 11 is 13.9. The van der Waals surface area contributed by atoms with E-state index < -0.39 is 0 Å². The second kappa shape index (κ2) is 14.4. The number of piperazine rings is 2. The number of carbonyl (C=O) groups is 2. The van der Waals surface area contributed by atoms with Crippen LogP contribution in [0.4, 0.5) is 5.82 Å². The molecule has 11 heteroatoms. The van der Waals surface area contributed by atoms with Gasteiger partial charge in [0.2, 0.25) is 5.91 Å². The van der Waals surface area contributed by atoms with Crippen molar-refractivity contribution in [3.8, 4) is 0 Å². The molecule has 42 heavy (non-hydrogen) atoms. The minimum atomic E-state index is -0.0762. The minimum absolute atomic E-state index is 0.0542. The highest BCUT2D eigenvalue weighted by molar-refractivity contribution is 7.99. The number of aromatic nitrogens is 2. The van der Waals surface area contributed by atoms with Crippen molar-refractivity contribution in [1.29, 1.82) is 0 Å². The summed E-state index contributed by atoms with van der Waals surface area (Å²) in [6, 6.07) is 19.1. The summed E-state index contributed by atoms with van der Waals surface area (Å²) in [6.07, 6.45) is 4.31. The average Bonchev–Trinajstić information content (AvgIpc) is 3.00. The number of anilines is 1. The van der Waals surface area contributed by atoms with Crippen molar-refractivity contribution in [3.63, 3.8) is 0 Å². The molecule has 0 radical (unpaired) electrons. The molecule has 2 aromatic carbocycles. The molecule has 2 saturated heterocycles. The Morgan fingerprint density at radius 3 is 2.43 bits per heavy atom. The highest BCUT2D eigenvalue weighted by atomic mass is 35.5. The van der Waals surface area contributed by atoms with Crippen molar-refractivity contribution in [1.82, 2.24) is 24.7 Å². The van der Waals surface area contributed by atoms with Crippen LogP contribution in [0.5, 0.6) is 0 Å². The number of hydrogen-bond donors (Lipinski definition) is 0. The maximum Gasteiger partial charge on any atom is 0.255 e. The number of benzene rings is 2. The predicted molar refractivity (Wildman–Crippen MR) is 170 cm³/mol. The highest BCUT2D eigenvalue weighted by Crippen LogP contribution is 2.26. The van der Waals surface area contributed by atoms with Gasteiger partial charge in [-0.05, 0) is 24.6 Å². The number of thioether (sulfide) groups is 1. The second-order valence-corrected chi connectivity index (χ2v) is 12.1. The zero-order chi connectivity index (χ0) is 29.5. The monoisotopic (exact) mass is 624 g/mol. The van der Waals surface area contributed by atoms with Crippen LogP contribution in [0.15, 0.2) is 71.9 Å². The summed E-state index contributed by atoms with van der Waals surface area (Å²) in [4.78, 5) is 43.3. The van der Waals surface area contributed by atoms with Crippen LogP contribution in [0.3, 0.4) is 0 Å². The lowest BCUT2D eigenvalue weighted by Crippen LogP contribution is -2.54. The van der Waals surface area contributed by atoms with Gasteiger partial charge in [-0.1, -0.05) is 89.6 Å². The highest BCUT2D eigenvalue weighted by Gasteiger charge is 2.30. The van der Waals surface area contributed by atoms with E-state index in [9.17, 15) is 9.59 Å². The van der Waals surface area contributed by atoms with Crippen molar-refractivity contribution in [2.45, 2.75) is 18.1 Å². The molecule has 3 heterocycles. The third-order valence-electron chi connectivity index (χ3n) is 7.50. The summed E-state index contributed by atoms with van der Waals surface area (Å²) < 4.78 is 0. The molecule has 2 fully saturated rings. The lowest BCUT2D eigenvalue weighted by molar-refractivity contribution is -0.130. The van der Waals surface area contributed by atoms with Crippen LogP contribution < -0.4 is 4.90 Å². The molecule has 0 bridgehead atoms. The van der Waals surface area contributed by atoms with E-state index in [1.807, 2.05) is 47.1 Å².